The molecule has 0 saturated carbocycles. The minimum Gasteiger partial charge on any atom is -0.464 e. The van der Waals surface area contributed by atoms with Gasteiger partial charge in [-0.25, -0.2) is 14.4 Å². The van der Waals surface area contributed by atoms with E-state index >= 15 is 0 Å². The summed E-state index contributed by atoms with van der Waals surface area (Å²) in [6.07, 6.45) is 33.7. The van der Waals surface area contributed by atoms with E-state index in [-0.39, 0.29) is 36.5 Å². The normalized spacial score (nSPS) is 12.2. The van der Waals surface area contributed by atoms with E-state index < -0.39 is 53.8 Å². The summed E-state index contributed by atoms with van der Waals surface area (Å²) in [7, 11) is 0. The summed E-state index contributed by atoms with van der Waals surface area (Å²) in [4.78, 5) is 85.4. The molecular weight excluding hydrogens is 1010 g/mol. The van der Waals surface area contributed by atoms with E-state index in [1.54, 1.807) is 91.0 Å². The van der Waals surface area contributed by atoms with Gasteiger partial charge in [-0.15, -0.1) is 0 Å². The molecule has 0 heterocycles. The van der Waals surface area contributed by atoms with Crippen LogP contribution in [0.15, 0.2) is 109 Å². The van der Waals surface area contributed by atoms with Gasteiger partial charge in [0.05, 0.1) is 19.8 Å². The number of carbonyl (C=O) groups excluding carboxylic acids is 6. The Morgan fingerprint density at radius 1 is 0.296 bits per heavy atom. The van der Waals surface area contributed by atoms with Crippen molar-refractivity contribution in [3.63, 3.8) is 0 Å². The number of esters is 3. The van der Waals surface area contributed by atoms with Gasteiger partial charge in [0.2, 0.25) is 0 Å². The van der Waals surface area contributed by atoms with Gasteiger partial charge < -0.3 is 30.2 Å². The number of ether oxygens (including phenoxy) is 3. The molecule has 3 atom stereocenters. The maximum atomic E-state index is 14.6. The van der Waals surface area contributed by atoms with Crippen molar-refractivity contribution >= 4 is 35.6 Å². The lowest BCUT2D eigenvalue weighted by Crippen LogP contribution is -2.37. The molecule has 4 aromatic rings. The highest BCUT2D eigenvalue weighted by atomic mass is 16.5. The van der Waals surface area contributed by atoms with Crippen LogP contribution >= 0.6 is 0 Å². The molecule has 0 bridgehead atoms. The van der Waals surface area contributed by atoms with Gasteiger partial charge in [-0.05, 0) is 54.2 Å². The van der Waals surface area contributed by atoms with Gasteiger partial charge in [0, 0.05) is 16.7 Å². The Bertz CT molecular complexity index is 2090. The summed E-state index contributed by atoms with van der Waals surface area (Å²) < 4.78 is 17.3. The van der Waals surface area contributed by atoms with Gasteiger partial charge in [-0.1, -0.05) is 285 Å². The predicted molar refractivity (Wildman–Crippen MR) is 325 cm³/mol. The van der Waals surface area contributed by atoms with Crippen LogP contribution < -0.4 is 16.0 Å². The fourth-order valence-electron chi connectivity index (χ4n) is 9.97. The fourth-order valence-corrected chi connectivity index (χ4v) is 9.97. The number of unbranched alkanes of at least 4 members (excludes halogenated alkanes) is 27. The van der Waals surface area contributed by atoms with Crippen molar-refractivity contribution in [2.24, 2.45) is 0 Å². The number of hydrogen-bond donors (Lipinski definition) is 3. The summed E-state index contributed by atoms with van der Waals surface area (Å²) in [5.74, 6) is -4.26. The molecule has 444 valence electrons. The van der Waals surface area contributed by atoms with Gasteiger partial charge in [0.15, 0.2) is 18.1 Å². The molecule has 4 aromatic carbocycles. The molecule has 0 unspecified atom stereocenters. The van der Waals surface area contributed by atoms with Crippen LogP contribution in [-0.4, -0.2) is 55.5 Å². The lowest BCUT2D eigenvalue weighted by atomic mass is 10.0. The quantitative estimate of drug-likeness (QED) is 0.0222. The molecule has 3 amide bonds. The van der Waals surface area contributed by atoms with Gasteiger partial charge in [0.1, 0.15) is 0 Å². The molecular formula is C69H99N3O9. The smallest absolute Gasteiger partial charge is 0.333 e. The van der Waals surface area contributed by atoms with Crippen molar-refractivity contribution in [2.75, 3.05) is 19.8 Å². The SMILES string of the molecule is CCCCCCCCCCCCOC(=O)[C@@H](NC(=O)c1cc(C(=O)N[C@H](C(=O)OCCCCCCCCCCCC)c2ccccc2)cc(C(=O)N[C@H](C(=O)OCCCCCCCCCCCC)c2ccccc2)c1)c1ccccc1. The first-order chi connectivity index (χ1) is 39.7. The van der Waals surface area contributed by atoms with Crippen LogP contribution in [0.1, 0.15) is 279 Å². The zero-order valence-electron chi connectivity index (χ0n) is 49.6. The third-order valence-electron chi connectivity index (χ3n) is 14.9. The molecule has 4 rings (SSSR count). The van der Waals surface area contributed by atoms with E-state index in [1.165, 1.54) is 134 Å². The topological polar surface area (TPSA) is 166 Å². The molecule has 12 heteroatoms. The molecule has 0 aromatic heterocycles. The summed E-state index contributed by atoms with van der Waals surface area (Å²) in [5, 5.41) is 8.48. The predicted octanol–water partition coefficient (Wildman–Crippen LogP) is 16.5. The molecule has 0 radical (unpaired) electrons. The first-order valence-corrected chi connectivity index (χ1v) is 31.4. The van der Waals surface area contributed by atoms with Crippen molar-refractivity contribution in [3.8, 4) is 0 Å². The molecule has 12 nitrogen and oxygen atoms in total. The summed E-state index contributed by atoms with van der Waals surface area (Å²) in [6, 6.07) is 26.5. The number of nitrogens with one attached hydrogen (secondary N) is 3. The first kappa shape index (κ1) is 67.2. The van der Waals surface area contributed by atoms with Gasteiger partial charge in [-0.3, -0.25) is 14.4 Å². The third kappa shape index (κ3) is 27.8. The number of rotatable bonds is 45. The van der Waals surface area contributed by atoms with E-state index in [1.807, 2.05) is 0 Å². The van der Waals surface area contributed by atoms with E-state index in [0.717, 1.165) is 57.8 Å². The second-order valence-electron chi connectivity index (χ2n) is 21.8. The van der Waals surface area contributed by atoms with Crippen LogP contribution in [0.25, 0.3) is 0 Å². The van der Waals surface area contributed by atoms with Crippen molar-refractivity contribution in [2.45, 2.75) is 232 Å². The van der Waals surface area contributed by atoms with E-state index in [9.17, 15) is 28.8 Å². The highest BCUT2D eigenvalue weighted by Gasteiger charge is 2.30. The van der Waals surface area contributed by atoms with Gasteiger partial charge >= 0.3 is 17.9 Å². The fraction of sp³-hybridized carbons (Fsp3) is 0.565. The molecule has 0 spiro atoms. The Hall–Kier alpha value is -6.30. The Morgan fingerprint density at radius 3 is 0.704 bits per heavy atom. The van der Waals surface area contributed by atoms with Crippen LogP contribution in [0.4, 0.5) is 0 Å². The van der Waals surface area contributed by atoms with E-state index in [0.29, 0.717) is 36.0 Å². The average Bonchev–Trinajstić information content (AvgIpc) is 3.52. The number of amides is 3. The molecule has 0 aliphatic carbocycles. The molecule has 0 fully saturated rings. The highest BCUT2D eigenvalue weighted by Crippen LogP contribution is 2.23. The molecule has 0 aliphatic rings. The lowest BCUT2D eigenvalue weighted by molar-refractivity contribution is -0.147. The molecule has 81 heavy (non-hydrogen) atoms. The van der Waals surface area contributed by atoms with E-state index in [4.69, 9.17) is 14.2 Å². The Morgan fingerprint density at radius 2 is 0.494 bits per heavy atom. The van der Waals surface area contributed by atoms with Gasteiger partial charge in [-0.2, -0.15) is 0 Å². The second-order valence-corrected chi connectivity index (χ2v) is 21.8. The summed E-state index contributed by atoms with van der Waals surface area (Å²) >= 11 is 0. The van der Waals surface area contributed by atoms with Crippen molar-refractivity contribution in [3.05, 3.63) is 143 Å². The number of benzene rings is 4. The lowest BCUT2D eigenvalue weighted by Gasteiger charge is -2.21. The second kappa shape index (κ2) is 42.5. The zero-order valence-corrected chi connectivity index (χ0v) is 49.6. The highest BCUT2D eigenvalue weighted by molar-refractivity contribution is 6.06. The molecule has 0 saturated heterocycles. The standard InChI is InChI=1S/C69H99N3O9/c1-4-7-10-13-16-19-22-25-28-40-49-79-67(76)61(55-43-34-31-35-44-55)70-64(73)58-52-59(65(74)71-62(56-45-36-32-37-46-56)68(77)80-50-41-29-26-23-20-17-14-11-8-5-2)54-60(53-58)66(75)72-63(57-47-38-33-39-48-57)69(78)81-51-42-30-27-24-21-18-15-12-9-6-3/h31-39,43-48,52-54,61-63H,4-30,40-42,49-51H2,1-3H3,(H,70,73)(H,71,74)(H,72,75)/t61-,62-,63-/m0/s1. The van der Waals surface area contributed by atoms with Crippen molar-refractivity contribution in [1.29, 1.82) is 0 Å². The first-order valence-electron chi connectivity index (χ1n) is 31.4. The van der Waals surface area contributed by atoms with Gasteiger partial charge in [0.25, 0.3) is 17.7 Å². The maximum absolute atomic E-state index is 14.6. The third-order valence-corrected chi connectivity index (χ3v) is 14.9. The largest absolute Gasteiger partial charge is 0.464 e. The summed E-state index contributed by atoms with van der Waals surface area (Å²) in [6.45, 7) is 7.21. The van der Waals surface area contributed by atoms with Crippen LogP contribution in [0.2, 0.25) is 0 Å². The zero-order chi connectivity index (χ0) is 58.0. The average molecular weight is 1110 g/mol. The minimum atomic E-state index is -1.22. The Kier molecular flexibility index (Phi) is 35.3. The van der Waals surface area contributed by atoms with Crippen LogP contribution in [0.3, 0.4) is 0 Å². The Labute approximate surface area is 486 Å². The Balaban J connectivity index is 1.55. The molecule has 3 N–H and O–H groups in total. The summed E-state index contributed by atoms with van der Waals surface area (Å²) in [5.41, 5.74) is 1.06. The van der Waals surface area contributed by atoms with E-state index in [2.05, 4.69) is 36.7 Å². The minimum absolute atomic E-state index is 0.129. The number of carbonyl (C=O) groups is 6. The maximum Gasteiger partial charge on any atom is 0.333 e. The van der Waals surface area contributed by atoms with Crippen LogP contribution in [0, 0.1) is 0 Å². The van der Waals surface area contributed by atoms with Crippen LogP contribution in [0.5, 0.6) is 0 Å². The van der Waals surface area contributed by atoms with Crippen molar-refractivity contribution < 1.29 is 43.0 Å². The molecule has 0 aliphatic heterocycles. The monoisotopic (exact) mass is 1110 g/mol. The van der Waals surface area contributed by atoms with Crippen LogP contribution in [-0.2, 0) is 28.6 Å². The number of hydrogen-bond acceptors (Lipinski definition) is 9. The van der Waals surface area contributed by atoms with Crippen molar-refractivity contribution in [1.82, 2.24) is 16.0 Å².